The topological polar surface area (TPSA) is 43.4 Å². The standard InChI is InChI=1S/C20H22BrFO3/c21-20-8-13-5-14(9-20)7-19(6-13,12-20)10-18(24)25-11-17(23)15-1-3-16(22)4-2-15/h1-4,13-14H,5-12H2/t13-,14+,19?,20?. The summed E-state index contributed by atoms with van der Waals surface area (Å²) in [5.74, 6) is 0.465. The summed E-state index contributed by atoms with van der Waals surface area (Å²) < 4.78 is 18.4. The van der Waals surface area contributed by atoms with E-state index in [0.29, 0.717) is 23.8 Å². The Morgan fingerprint density at radius 1 is 1.12 bits per heavy atom. The van der Waals surface area contributed by atoms with Crippen LogP contribution < -0.4 is 0 Å². The van der Waals surface area contributed by atoms with Crippen molar-refractivity contribution in [3.05, 3.63) is 35.6 Å². The molecule has 0 heterocycles. The average molecular weight is 409 g/mol. The maximum atomic E-state index is 12.9. The molecule has 25 heavy (non-hydrogen) atoms. The van der Waals surface area contributed by atoms with E-state index in [1.807, 2.05) is 0 Å². The zero-order valence-corrected chi connectivity index (χ0v) is 15.7. The highest BCUT2D eigenvalue weighted by Gasteiger charge is 2.57. The second kappa shape index (κ2) is 6.19. The van der Waals surface area contributed by atoms with Gasteiger partial charge >= 0.3 is 5.97 Å². The fraction of sp³-hybridized carbons (Fsp3) is 0.600. The van der Waals surface area contributed by atoms with E-state index >= 15 is 0 Å². The molecular formula is C20H22BrFO3. The SMILES string of the molecule is O=C(CC12C[C@@H]3C[C@@H](CC(Br)(C3)C1)C2)OCC(=O)c1ccc(F)cc1. The van der Waals surface area contributed by atoms with Crippen molar-refractivity contribution in [3.8, 4) is 0 Å². The van der Waals surface area contributed by atoms with Crippen LogP contribution in [0, 0.1) is 23.1 Å². The smallest absolute Gasteiger partial charge is 0.306 e. The number of ketones is 1. The van der Waals surface area contributed by atoms with E-state index in [1.54, 1.807) is 0 Å². The summed E-state index contributed by atoms with van der Waals surface area (Å²) in [6, 6.07) is 5.30. The van der Waals surface area contributed by atoms with Crippen molar-refractivity contribution < 1.29 is 18.7 Å². The van der Waals surface area contributed by atoms with Crippen LogP contribution in [0.15, 0.2) is 24.3 Å². The van der Waals surface area contributed by atoms with E-state index in [9.17, 15) is 14.0 Å². The van der Waals surface area contributed by atoms with Gasteiger partial charge in [0, 0.05) is 9.89 Å². The Balaban J connectivity index is 1.35. The highest BCUT2D eigenvalue weighted by molar-refractivity contribution is 9.10. The van der Waals surface area contributed by atoms with Crippen molar-refractivity contribution in [1.82, 2.24) is 0 Å². The Morgan fingerprint density at radius 3 is 2.36 bits per heavy atom. The van der Waals surface area contributed by atoms with Crippen LogP contribution in [0.25, 0.3) is 0 Å². The van der Waals surface area contributed by atoms with Gasteiger partial charge in [-0.3, -0.25) is 9.59 Å². The van der Waals surface area contributed by atoms with Crippen molar-refractivity contribution in [1.29, 1.82) is 0 Å². The third kappa shape index (κ3) is 3.53. The number of esters is 1. The Morgan fingerprint density at radius 2 is 1.76 bits per heavy atom. The van der Waals surface area contributed by atoms with Crippen LogP contribution >= 0.6 is 15.9 Å². The molecule has 1 aromatic rings. The molecule has 5 rings (SSSR count). The summed E-state index contributed by atoms with van der Waals surface area (Å²) in [5.41, 5.74) is 0.410. The van der Waals surface area contributed by atoms with Gasteiger partial charge in [-0.1, -0.05) is 15.9 Å². The highest BCUT2D eigenvalue weighted by atomic mass is 79.9. The predicted molar refractivity (Wildman–Crippen MR) is 95.1 cm³/mol. The minimum atomic E-state index is -0.390. The largest absolute Gasteiger partial charge is 0.457 e. The van der Waals surface area contributed by atoms with Gasteiger partial charge in [-0.25, -0.2) is 4.39 Å². The maximum Gasteiger partial charge on any atom is 0.306 e. The van der Waals surface area contributed by atoms with Gasteiger partial charge in [-0.05, 0) is 80.0 Å². The van der Waals surface area contributed by atoms with E-state index in [2.05, 4.69) is 15.9 Å². The number of alkyl halides is 1. The highest BCUT2D eigenvalue weighted by Crippen LogP contribution is 2.65. The quantitative estimate of drug-likeness (QED) is 0.403. The Labute approximate surface area is 155 Å². The molecule has 0 N–H and O–H groups in total. The molecule has 0 saturated heterocycles. The number of ether oxygens (including phenoxy) is 1. The Hall–Kier alpha value is -1.23. The average Bonchev–Trinajstić information content (AvgIpc) is 2.50. The Kier molecular flexibility index (Phi) is 4.25. The summed E-state index contributed by atoms with van der Waals surface area (Å²) in [7, 11) is 0. The van der Waals surface area contributed by atoms with E-state index in [0.717, 1.165) is 19.3 Å². The lowest BCUT2D eigenvalue weighted by molar-refractivity contribution is -0.149. The van der Waals surface area contributed by atoms with Crippen molar-refractivity contribution in [2.24, 2.45) is 17.3 Å². The first-order valence-corrected chi connectivity index (χ1v) is 9.77. The van der Waals surface area contributed by atoms with E-state index in [4.69, 9.17) is 4.74 Å². The zero-order valence-electron chi connectivity index (χ0n) is 14.1. The number of Topliss-reactive ketones (excluding diaryl/α,β-unsaturated/α-hetero) is 1. The second-order valence-electron chi connectivity index (χ2n) is 8.38. The van der Waals surface area contributed by atoms with Crippen molar-refractivity contribution in [2.75, 3.05) is 6.61 Å². The first-order valence-electron chi connectivity index (χ1n) is 8.98. The minimum absolute atomic E-state index is 0.0452. The molecule has 3 nitrogen and oxygen atoms in total. The summed E-state index contributed by atoms with van der Waals surface area (Å²) in [6.07, 6.45) is 7.41. The molecule has 0 spiro atoms. The van der Waals surface area contributed by atoms with Crippen LogP contribution in [-0.4, -0.2) is 22.7 Å². The lowest BCUT2D eigenvalue weighted by atomic mass is 9.49. The molecule has 0 amide bonds. The molecule has 4 aliphatic rings. The predicted octanol–water partition coefficient (Wildman–Crippen LogP) is 4.68. The van der Waals surface area contributed by atoms with Crippen LogP contribution in [0.3, 0.4) is 0 Å². The number of carbonyl (C=O) groups excluding carboxylic acids is 2. The lowest BCUT2D eigenvalue weighted by Crippen LogP contribution is -2.53. The fourth-order valence-corrected chi connectivity index (χ4v) is 7.28. The third-order valence-corrected chi connectivity index (χ3v) is 7.09. The molecule has 0 radical (unpaired) electrons. The normalized spacial score (nSPS) is 35.6. The van der Waals surface area contributed by atoms with E-state index in [-0.39, 0.29) is 33.9 Å². The van der Waals surface area contributed by atoms with Gasteiger partial charge < -0.3 is 4.74 Å². The molecule has 4 bridgehead atoms. The summed E-state index contributed by atoms with van der Waals surface area (Å²) in [6.45, 7) is -0.271. The first kappa shape index (κ1) is 17.2. The summed E-state index contributed by atoms with van der Waals surface area (Å²) >= 11 is 3.94. The number of rotatable bonds is 5. The third-order valence-electron chi connectivity index (χ3n) is 6.16. The molecule has 5 heteroatoms. The molecular weight excluding hydrogens is 387 g/mol. The lowest BCUT2D eigenvalue weighted by Gasteiger charge is -2.60. The van der Waals surface area contributed by atoms with Crippen LogP contribution in [-0.2, 0) is 9.53 Å². The number of carbonyl (C=O) groups is 2. The van der Waals surface area contributed by atoms with Crippen LogP contribution in [0.4, 0.5) is 4.39 Å². The van der Waals surface area contributed by atoms with Crippen molar-refractivity contribution in [3.63, 3.8) is 0 Å². The molecule has 0 aromatic heterocycles. The molecule has 4 atom stereocenters. The number of hydrogen-bond donors (Lipinski definition) is 0. The molecule has 134 valence electrons. The van der Waals surface area contributed by atoms with Gasteiger partial charge in [0.2, 0.25) is 0 Å². The van der Waals surface area contributed by atoms with Gasteiger partial charge in [0.05, 0.1) is 6.42 Å². The molecule has 1 aromatic carbocycles. The van der Waals surface area contributed by atoms with Crippen molar-refractivity contribution in [2.45, 2.75) is 49.3 Å². The Bertz CT molecular complexity index is 685. The van der Waals surface area contributed by atoms with Crippen LogP contribution in [0.1, 0.15) is 55.3 Å². The minimum Gasteiger partial charge on any atom is -0.457 e. The molecule has 2 unspecified atom stereocenters. The summed E-state index contributed by atoms with van der Waals surface area (Å²) in [4.78, 5) is 24.4. The zero-order chi connectivity index (χ0) is 17.7. The molecule has 4 aliphatic carbocycles. The van der Waals surface area contributed by atoms with Gasteiger partial charge in [0.25, 0.3) is 0 Å². The second-order valence-corrected chi connectivity index (χ2v) is 10.1. The van der Waals surface area contributed by atoms with Gasteiger partial charge in [0.15, 0.2) is 12.4 Å². The number of halogens is 2. The van der Waals surface area contributed by atoms with Crippen molar-refractivity contribution >= 4 is 27.7 Å². The van der Waals surface area contributed by atoms with Gasteiger partial charge in [-0.2, -0.15) is 0 Å². The summed E-state index contributed by atoms with van der Waals surface area (Å²) in [5, 5.41) is 0. The van der Waals surface area contributed by atoms with E-state index < -0.39 is 0 Å². The number of benzene rings is 1. The van der Waals surface area contributed by atoms with Gasteiger partial charge in [-0.15, -0.1) is 0 Å². The van der Waals surface area contributed by atoms with Crippen LogP contribution in [0.5, 0.6) is 0 Å². The van der Waals surface area contributed by atoms with E-state index in [1.165, 1.54) is 43.5 Å². The number of hydrogen-bond acceptors (Lipinski definition) is 3. The molecule has 0 aliphatic heterocycles. The van der Waals surface area contributed by atoms with Gasteiger partial charge in [0.1, 0.15) is 5.82 Å². The molecule has 4 saturated carbocycles. The van der Waals surface area contributed by atoms with Crippen LogP contribution in [0.2, 0.25) is 0 Å². The first-order chi connectivity index (χ1) is 11.8. The fourth-order valence-electron chi connectivity index (χ4n) is 5.77. The maximum absolute atomic E-state index is 12.9. The molecule has 4 fully saturated rings. The monoisotopic (exact) mass is 408 g/mol.